The normalized spacial score (nSPS) is 19.1. The van der Waals surface area contributed by atoms with Crippen LogP contribution in [0.4, 0.5) is 0 Å². The number of likely N-dealkylation sites (tertiary alicyclic amines) is 1. The highest BCUT2D eigenvalue weighted by Crippen LogP contribution is 2.36. The molecule has 1 atom stereocenters. The molecule has 0 saturated carbocycles. The summed E-state index contributed by atoms with van der Waals surface area (Å²) in [5.41, 5.74) is 0. The first-order chi connectivity index (χ1) is 8.18. The molecule has 0 spiro atoms. The lowest BCUT2D eigenvalue weighted by molar-refractivity contribution is -0.138. The summed E-state index contributed by atoms with van der Waals surface area (Å²) < 4.78 is 1.04. The fourth-order valence-electron chi connectivity index (χ4n) is 2.33. The van der Waals surface area contributed by atoms with Crippen LogP contribution in [0.3, 0.4) is 0 Å². The van der Waals surface area contributed by atoms with E-state index in [0.29, 0.717) is 0 Å². The van der Waals surface area contributed by atoms with E-state index >= 15 is 0 Å². The van der Waals surface area contributed by atoms with Crippen LogP contribution >= 0.6 is 27.3 Å². The summed E-state index contributed by atoms with van der Waals surface area (Å²) in [4.78, 5) is 14.5. The Labute approximate surface area is 114 Å². The van der Waals surface area contributed by atoms with Crippen molar-refractivity contribution in [3.8, 4) is 0 Å². The number of nitrogens with zero attached hydrogens (tertiary/aromatic N) is 1. The molecule has 1 aromatic rings. The van der Waals surface area contributed by atoms with Crippen LogP contribution in [-0.2, 0) is 4.79 Å². The molecule has 94 valence electrons. The Bertz CT molecular complexity index is 388. The first-order valence-corrected chi connectivity index (χ1v) is 7.54. The zero-order chi connectivity index (χ0) is 12.3. The van der Waals surface area contributed by atoms with Gasteiger partial charge in [0.25, 0.3) is 0 Å². The van der Waals surface area contributed by atoms with Crippen LogP contribution in [0.25, 0.3) is 0 Å². The molecule has 1 aliphatic rings. The minimum atomic E-state index is -0.721. The predicted molar refractivity (Wildman–Crippen MR) is 72.4 cm³/mol. The van der Waals surface area contributed by atoms with Crippen molar-refractivity contribution >= 4 is 33.2 Å². The van der Waals surface area contributed by atoms with Crippen molar-refractivity contribution in [2.45, 2.75) is 31.7 Å². The average molecular weight is 318 g/mol. The maximum Gasteiger partial charge on any atom is 0.305 e. The van der Waals surface area contributed by atoms with Gasteiger partial charge in [-0.05, 0) is 53.3 Å². The topological polar surface area (TPSA) is 40.5 Å². The van der Waals surface area contributed by atoms with E-state index < -0.39 is 5.97 Å². The van der Waals surface area contributed by atoms with Crippen molar-refractivity contribution < 1.29 is 9.90 Å². The minimum Gasteiger partial charge on any atom is -0.481 e. The monoisotopic (exact) mass is 317 g/mol. The predicted octanol–water partition coefficient (Wildman–Crippen LogP) is 3.51. The number of rotatable bonds is 4. The highest BCUT2D eigenvalue weighted by atomic mass is 79.9. The molecule has 0 amide bonds. The fourth-order valence-corrected chi connectivity index (χ4v) is 4.10. The molecule has 17 heavy (non-hydrogen) atoms. The average Bonchev–Trinajstić information content (AvgIpc) is 2.73. The molecular weight excluding hydrogens is 302 g/mol. The summed E-state index contributed by atoms with van der Waals surface area (Å²) in [6, 6.07) is 2.03. The minimum absolute atomic E-state index is 0.0298. The van der Waals surface area contributed by atoms with Gasteiger partial charge in [0.1, 0.15) is 0 Å². The van der Waals surface area contributed by atoms with E-state index in [9.17, 15) is 4.79 Å². The van der Waals surface area contributed by atoms with Crippen LogP contribution in [-0.4, -0.2) is 29.1 Å². The maximum absolute atomic E-state index is 11.0. The molecule has 5 heteroatoms. The Hall–Kier alpha value is -0.390. The van der Waals surface area contributed by atoms with Crippen molar-refractivity contribution in [1.29, 1.82) is 0 Å². The second kappa shape index (κ2) is 5.98. The Balaban J connectivity index is 2.18. The van der Waals surface area contributed by atoms with Gasteiger partial charge in [0.15, 0.2) is 0 Å². The van der Waals surface area contributed by atoms with Crippen LogP contribution in [0.15, 0.2) is 15.9 Å². The van der Waals surface area contributed by atoms with Gasteiger partial charge in [-0.2, -0.15) is 0 Å². The van der Waals surface area contributed by atoms with Gasteiger partial charge in [-0.25, -0.2) is 0 Å². The number of carboxylic acid groups (broad SMARTS) is 1. The van der Waals surface area contributed by atoms with Crippen LogP contribution in [0, 0.1) is 0 Å². The van der Waals surface area contributed by atoms with E-state index in [1.165, 1.54) is 19.3 Å². The van der Waals surface area contributed by atoms with Crippen molar-refractivity contribution in [3.05, 3.63) is 20.8 Å². The molecule has 1 saturated heterocycles. The SMILES string of the molecule is O=C(O)CC(c1sccc1Br)N1CCCCC1. The third kappa shape index (κ3) is 3.30. The van der Waals surface area contributed by atoms with E-state index in [4.69, 9.17) is 5.11 Å². The molecule has 2 rings (SSSR count). The first-order valence-electron chi connectivity index (χ1n) is 5.87. The smallest absolute Gasteiger partial charge is 0.305 e. The quantitative estimate of drug-likeness (QED) is 0.923. The van der Waals surface area contributed by atoms with Crippen molar-refractivity contribution in [1.82, 2.24) is 4.90 Å². The number of thiophene rings is 1. The highest BCUT2D eigenvalue weighted by Gasteiger charge is 2.26. The highest BCUT2D eigenvalue weighted by molar-refractivity contribution is 9.10. The Kier molecular flexibility index (Phi) is 4.59. The molecule has 2 heterocycles. The van der Waals surface area contributed by atoms with Gasteiger partial charge in [-0.15, -0.1) is 11.3 Å². The summed E-state index contributed by atoms with van der Waals surface area (Å²) in [7, 11) is 0. The number of halogens is 1. The van der Waals surface area contributed by atoms with E-state index in [-0.39, 0.29) is 12.5 Å². The van der Waals surface area contributed by atoms with Gasteiger partial charge in [-0.1, -0.05) is 6.42 Å². The number of piperidine rings is 1. The molecular formula is C12H16BrNO2S. The Morgan fingerprint density at radius 2 is 2.18 bits per heavy atom. The van der Waals surface area contributed by atoms with Crippen LogP contribution in [0.1, 0.15) is 36.6 Å². The Morgan fingerprint density at radius 1 is 1.47 bits per heavy atom. The third-order valence-electron chi connectivity index (χ3n) is 3.15. The molecule has 3 nitrogen and oxygen atoms in total. The van der Waals surface area contributed by atoms with Crippen molar-refractivity contribution in [3.63, 3.8) is 0 Å². The van der Waals surface area contributed by atoms with Gasteiger partial charge in [-0.3, -0.25) is 9.69 Å². The lowest BCUT2D eigenvalue weighted by Gasteiger charge is -2.33. The zero-order valence-electron chi connectivity index (χ0n) is 9.56. The number of carbonyl (C=O) groups is 1. The summed E-state index contributed by atoms with van der Waals surface area (Å²) in [6.45, 7) is 2.03. The van der Waals surface area contributed by atoms with Gasteiger partial charge in [0.05, 0.1) is 12.5 Å². The third-order valence-corrected chi connectivity index (χ3v) is 5.12. The molecule has 1 aromatic heterocycles. The first kappa shape index (κ1) is 13.1. The lowest BCUT2D eigenvalue weighted by atomic mass is 10.0. The van der Waals surface area contributed by atoms with Gasteiger partial charge >= 0.3 is 5.97 Å². The summed E-state index contributed by atoms with van der Waals surface area (Å²) in [5.74, 6) is -0.721. The molecule has 1 fully saturated rings. The van der Waals surface area contributed by atoms with Crippen LogP contribution in [0.2, 0.25) is 0 Å². The van der Waals surface area contributed by atoms with Crippen molar-refractivity contribution in [2.75, 3.05) is 13.1 Å². The molecule has 1 N–H and O–H groups in total. The van der Waals surface area contributed by atoms with E-state index in [0.717, 1.165) is 22.4 Å². The van der Waals surface area contributed by atoms with E-state index in [1.54, 1.807) is 11.3 Å². The lowest BCUT2D eigenvalue weighted by Crippen LogP contribution is -2.34. The molecule has 0 aromatic carbocycles. The number of aliphatic carboxylic acids is 1. The maximum atomic E-state index is 11.0. The molecule has 1 aliphatic heterocycles. The molecule has 0 aliphatic carbocycles. The van der Waals surface area contributed by atoms with Crippen LogP contribution in [0.5, 0.6) is 0 Å². The summed E-state index contributed by atoms with van der Waals surface area (Å²) in [5, 5.41) is 11.1. The molecule has 0 radical (unpaired) electrons. The zero-order valence-corrected chi connectivity index (χ0v) is 12.0. The van der Waals surface area contributed by atoms with Gasteiger partial charge in [0, 0.05) is 9.35 Å². The second-order valence-electron chi connectivity index (χ2n) is 4.34. The Morgan fingerprint density at radius 3 is 2.71 bits per heavy atom. The van der Waals surface area contributed by atoms with E-state index in [1.807, 2.05) is 11.4 Å². The summed E-state index contributed by atoms with van der Waals surface area (Å²) >= 11 is 5.16. The fraction of sp³-hybridized carbons (Fsp3) is 0.583. The largest absolute Gasteiger partial charge is 0.481 e. The number of carboxylic acids is 1. The molecule has 0 bridgehead atoms. The van der Waals surface area contributed by atoms with Gasteiger partial charge < -0.3 is 5.11 Å². The molecule has 1 unspecified atom stereocenters. The van der Waals surface area contributed by atoms with E-state index in [2.05, 4.69) is 20.8 Å². The number of hydrogen-bond donors (Lipinski definition) is 1. The van der Waals surface area contributed by atoms with Crippen molar-refractivity contribution in [2.24, 2.45) is 0 Å². The van der Waals surface area contributed by atoms with Gasteiger partial charge in [0.2, 0.25) is 0 Å². The second-order valence-corrected chi connectivity index (χ2v) is 6.15. The standard InChI is InChI=1S/C12H16BrNO2S/c13-9-4-7-17-12(9)10(8-11(15)16)14-5-2-1-3-6-14/h4,7,10H,1-3,5-6,8H2,(H,15,16). The number of hydrogen-bond acceptors (Lipinski definition) is 3. The van der Waals surface area contributed by atoms with Crippen LogP contribution < -0.4 is 0 Å². The summed E-state index contributed by atoms with van der Waals surface area (Å²) in [6.07, 6.45) is 3.82.